The number of carbonyl (C=O) groups is 1. The number of hydrogen-bond acceptors (Lipinski definition) is 5. The lowest BCUT2D eigenvalue weighted by Crippen LogP contribution is -2.24. The van der Waals surface area contributed by atoms with Crippen molar-refractivity contribution in [3.8, 4) is 10.8 Å². The van der Waals surface area contributed by atoms with E-state index in [0.29, 0.717) is 24.7 Å². The van der Waals surface area contributed by atoms with Crippen LogP contribution in [-0.4, -0.2) is 22.6 Å². The van der Waals surface area contributed by atoms with Gasteiger partial charge in [0.25, 0.3) is 5.89 Å². The van der Waals surface area contributed by atoms with Crippen LogP contribution in [-0.2, 0) is 4.79 Å². The molecular formula is C18H17N3O2S. The molecule has 0 radical (unpaired) electrons. The maximum absolute atomic E-state index is 12.4. The first kappa shape index (κ1) is 15.1. The van der Waals surface area contributed by atoms with Gasteiger partial charge in [0.2, 0.25) is 5.91 Å². The molecule has 0 bridgehead atoms. The molecule has 6 heteroatoms. The van der Waals surface area contributed by atoms with Crippen LogP contribution in [0.15, 0.2) is 40.2 Å². The summed E-state index contributed by atoms with van der Waals surface area (Å²) in [5.41, 5.74) is 3.34. The Kier molecular flexibility index (Phi) is 3.69. The van der Waals surface area contributed by atoms with E-state index >= 15 is 0 Å². The van der Waals surface area contributed by atoms with Gasteiger partial charge in [-0.3, -0.25) is 4.79 Å². The Hall–Kier alpha value is -2.47. The third-order valence-corrected chi connectivity index (χ3v) is 5.32. The van der Waals surface area contributed by atoms with E-state index in [1.165, 1.54) is 11.1 Å². The summed E-state index contributed by atoms with van der Waals surface area (Å²) in [5.74, 6) is 1.21. The minimum absolute atomic E-state index is 0.0310. The molecule has 3 aromatic rings. The molecule has 1 fully saturated rings. The molecule has 1 unspecified atom stereocenters. The molecule has 0 N–H and O–H groups in total. The molecule has 2 aromatic heterocycles. The van der Waals surface area contributed by atoms with Crippen molar-refractivity contribution in [3.05, 3.63) is 52.7 Å². The van der Waals surface area contributed by atoms with Crippen molar-refractivity contribution in [2.75, 3.05) is 11.4 Å². The largest absolute Gasteiger partial charge is 0.333 e. The third-order valence-electron chi connectivity index (χ3n) is 4.47. The normalized spacial score (nSPS) is 17.7. The first-order chi connectivity index (χ1) is 11.6. The van der Waals surface area contributed by atoms with Gasteiger partial charge in [-0.05, 0) is 48.6 Å². The molecule has 122 valence electrons. The van der Waals surface area contributed by atoms with Crippen LogP contribution >= 0.6 is 11.3 Å². The summed E-state index contributed by atoms with van der Waals surface area (Å²) in [6.45, 7) is 4.72. The van der Waals surface area contributed by atoms with Crippen LogP contribution in [0, 0.1) is 13.8 Å². The lowest BCUT2D eigenvalue weighted by molar-refractivity contribution is -0.117. The quantitative estimate of drug-likeness (QED) is 0.725. The Bertz CT molecular complexity index is 886. The molecule has 1 atom stereocenters. The number of rotatable bonds is 3. The highest BCUT2D eigenvalue weighted by atomic mass is 32.1. The fraction of sp³-hybridized carbons (Fsp3) is 0.278. The number of nitrogens with zero attached hydrogens (tertiary/aromatic N) is 3. The van der Waals surface area contributed by atoms with Gasteiger partial charge in [0, 0.05) is 24.6 Å². The van der Waals surface area contributed by atoms with Crippen molar-refractivity contribution in [2.45, 2.75) is 26.2 Å². The Morgan fingerprint density at radius 1 is 1.25 bits per heavy atom. The fourth-order valence-corrected chi connectivity index (χ4v) is 3.57. The molecule has 3 heterocycles. The lowest BCUT2D eigenvalue weighted by atomic mass is 10.1. The number of hydrogen-bond donors (Lipinski definition) is 0. The van der Waals surface area contributed by atoms with Crippen LogP contribution in [0.5, 0.6) is 0 Å². The van der Waals surface area contributed by atoms with Crippen LogP contribution < -0.4 is 4.90 Å². The number of aromatic nitrogens is 2. The number of aryl methyl sites for hydroxylation is 2. The zero-order valence-corrected chi connectivity index (χ0v) is 14.3. The Balaban J connectivity index is 1.56. The highest BCUT2D eigenvalue weighted by Crippen LogP contribution is 2.32. The second kappa shape index (κ2) is 5.87. The van der Waals surface area contributed by atoms with Gasteiger partial charge in [-0.1, -0.05) is 17.3 Å². The summed E-state index contributed by atoms with van der Waals surface area (Å²) in [4.78, 5) is 19.7. The summed E-state index contributed by atoms with van der Waals surface area (Å²) in [7, 11) is 0. The number of anilines is 1. The molecular weight excluding hydrogens is 322 g/mol. The molecule has 0 saturated carbocycles. The minimum Gasteiger partial charge on any atom is -0.333 e. The molecule has 1 aliphatic heterocycles. The maximum atomic E-state index is 12.4. The van der Waals surface area contributed by atoms with Crippen molar-refractivity contribution >= 4 is 22.9 Å². The van der Waals surface area contributed by atoms with Crippen LogP contribution in [0.1, 0.15) is 29.3 Å². The monoisotopic (exact) mass is 339 g/mol. The predicted molar refractivity (Wildman–Crippen MR) is 93.2 cm³/mol. The maximum Gasteiger partial charge on any atom is 0.267 e. The third kappa shape index (κ3) is 2.63. The van der Waals surface area contributed by atoms with Crippen molar-refractivity contribution < 1.29 is 9.32 Å². The van der Waals surface area contributed by atoms with Crippen molar-refractivity contribution in [2.24, 2.45) is 0 Å². The summed E-state index contributed by atoms with van der Waals surface area (Å²) in [6, 6.07) is 10.0. The van der Waals surface area contributed by atoms with Gasteiger partial charge in [0.15, 0.2) is 5.82 Å². The van der Waals surface area contributed by atoms with Crippen LogP contribution in [0.25, 0.3) is 10.8 Å². The second-order valence-electron chi connectivity index (χ2n) is 6.11. The van der Waals surface area contributed by atoms with Crippen LogP contribution in [0.2, 0.25) is 0 Å². The average molecular weight is 339 g/mol. The number of thiophene rings is 1. The molecule has 1 saturated heterocycles. The van der Waals surface area contributed by atoms with Crippen molar-refractivity contribution in [1.82, 2.24) is 10.1 Å². The standard InChI is InChI=1S/C18H17N3O2S/c1-11-5-6-14(8-12(11)2)21-10-13(9-16(21)22)17-19-18(23-20-17)15-4-3-7-24-15/h3-8,13H,9-10H2,1-2H3. The van der Waals surface area contributed by atoms with Gasteiger partial charge < -0.3 is 9.42 Å². The van der Waals surface area contributed by atoms with E-state index in [2.05, 4.69) is 36.1 Å². The van der Waals surface area contributed by atoms with Gasteiger partial charge >= 0.3 is 0 Å². The van der Waals surface area contributed by atoms with Crippen molar-refractivity contribution in [1.29, 1.82) is 0 Å². The van der Waals surface area contributed by atoms with E-state index in [1.54, 1.807) is 11.3 Å². The zero-order valence-electron chi connectivity index (χ0n) is 13.5. The summed E-state index contributed by atoms with van der Waals surface area (Å²) < 4.78 is 5.35. The second-order valence-corrected chi connectivity index (χ2v) is 7.06. The van der Waals surface area contributed by atoms with Crippen LogP contribution in [0.3, 0.4) is 0 Å². The average Bonchev–Trinajstić information content (AvgIpc) is 3.28. The lowest BCUT2D eigenvalue weighted by Gasteiger charge is -2.17. The summed E-state index contributed by atoms with van der Waals surface area (Å²) in [6.07, 6.45) is 0.413. The summed E-state index contributed by atoms with van der Waals surface area (Å²) in [5, 5.41) is 6.06. The highest BCUT2D eigenvalue weighted by Gasteiger charge is 2.34. The van der Waals surface area contributed by atoms with E-state index in [1.807, 2.05) is 28.5 Å². The highest BCUT2D eigenvalue weighted by molar-refractivity contribution is 7.13. The predicted octanol–water partition coefficient (Wildman–Crippen LogP) is 3.94. The molecule has 1 amide bonds. The number of amides is 1. The molecule has 1 aromatic carbocycles. The topological polar surface area (TPSA) is 59.2 Å². The molecule has 4 rings (SSSR count). The van der Waals surface area contributed by atoms with E-state index in [9.17, 15) is 4.79 Å². The Morgan fingerprint density at radius 3 is 2.88 bits per heavy atom. The van der Waals surface area contributed by atoms with Gasteiger partial charge in [-0.25, -0.2) is 0 Å². The molecule has 0 aliphatic carbocycles. The first-order valence-electron chi connectivity index (χ1n) is 7.87. The van der Waals surface area contributed by atoms with E-state index in [-0.39, 0.29) is 11.8 Å². The van der Waals surface area contributed by atoms with E-state index in [4.69, 9.17) is 4.52 Å². The molecule has 24 heavy (non-hydrogen) atoms. The summed E-state index contributed by atoms with van der Waals surface area (Å²) >= 11 is 1.56. The minimum atomic E-state index is -0.0310. The first-order valence-corrected chi connectivity index (χ1v) is 8.75. The van der Waals surface area contributed by atoms with E-state index < -0.39 is 0 Å². The molecule has 5 nitrogen and oxygen atoms in total. The van der Waals surface area contributed by atoms with Gasteiger partial charge in [-0.15, -0.1) is 11.3 Å². The van der Waals surface area contributed by atoms with Crippen molar-refractivity contribution in [3.63, 3.8) is 0 Å². The molecule has 1 aliphatic rings. The Morgan fingerprint density at radius 2 is 2.12 bits per heavy atom. The van der Waals surface area contributed by atoms with E-state index in [0.717, 1.165) is 10.6 Å². The fourth-order valence-electron chi connectivity index (χ4n) is 2.92. The number of benzene rings is 1. The van der Waals surface area contributed by atoms with Gasteiger partial charge in [0.1, 0.15) is 0 Å². The SMILES string of the molecule is Cc1ccc(N2CC(c3noc(-c4cccs4)n3)CC2=O)cc1C. The van der Waals surface area contributed by atoms with Crippen LogP contribution in [0.4, 0.5) is 5.69 Å². The molecule has 0 spiro atoms. The number of carbonyl (C=O) groups excluding carboxylic acids is 1. The van der Waals surface area contributed by atoms with Gasteiger partial charge in [0.05, 0.1) is 4.88 Å². The zero-order chi connectivity index (χ0) is 16.7. The van der Waals surface area contributed by atoms with Gasteiger partial charge in [-0.2, -0.15) is 4.98 Å². The Labute approximate surface area is 143 Å². The smallest absolute Gasteiger partial charge is 0.267 e.